The van der Waals surface area contributed by atoms with Crippen molar-refractivity contribution in [3.8, 4) is 0 Å². The Hall–Kier alpha value is -3.31. The van der Waals surface area contributed by atoms with Crippen molar-refractivity contribution in [2.75, 3.05) is 0 Å². The number of benzene rings is 4. The summed E-state index contributed by atoms with van der Waals surface area (Å²) in [7, 11) is 0. The molecule has 0 saturated carbocycles. The molecule has 0 aliphatic heterocycles. The largest absolute Gasteiger partial charge is 0.282 e. The van der Waals surface area contributed by atoms with Gasteiger partial charge in [0.05, 0.1) is 17.1 Å². The second-order valence-electron chi connectivity index (χ2n) is 7.53. The Bertz CT molecular complexity index is 1480. The first-order valence-corrected chi connectivity index (χ1v) is 11.1. The third-order valence-electron chi connectivity index (χ3n) is 5.46. The minimum atomic E-state index is -0.157. The smallest absolute Gasteiger partial charge is 0.267 e. The molecule has 0 N–H and O–H groups in total. The zero-order valence-electron chi connectivity index (χ0n) is 17.0. The first kappa shape index (κ1) is 19.6. The van der Waals surface area contributed by atoms with Crippen LogP contribution < -0.4 is 5.56 Å². The lowest BCUT2D eigenvalue weighted by molar-refractivity contribution is 0.704. The maximum absolute atomic E-state index is 13.3. The maximum atomic E-state index is 13.3. The Labute approximate surface area is 188 Å². The van der Waals surface area contributed by atoms with E-state index in [0.717, 1.165) is 38.0 Å². The van der Waals surface area contributed by atoms with Gasteiger partial charge >= 0.3 is 0 Å². The van der Waals surface area contributed by atoms with E-state index in [4.69, 9.17) is 4.98 Å². The summed E-state index contributed by atoms with van der Waals surface area (Å²) in [4.78, 5) is 18.0. The van der Waals surface area contributed by atoms with Gasteiger partial charge in [-0.1, -0.05) is 71.4 Å². The van der Waals surface area contributed by atoms with Gasteiger partial charge < -0.3 is 0 Å². The fourth-order valence-electron chi connectivity index (χ4n) is 4.00. The quantitative estimate of drug-likeness (QED) is 0.229. The van der Waals surface area contributed by atoms with E-state index >= 15 is 0 Å². The highest BCUT2D eigenvalue weighted by Gasteiger charge is 2.11. The Morgan fingerprint density at radius 3 is 2.29 bits per heavy atom. The van der Waals surface area contributed by atoms with Crippen LogP contribution in [0.1, 0.15) is 24.7 Å². The highest BCUT2D eigenvalue weighted by atomic mass is 79.9. The van der Waals surface area contributed by atoms with Crippen molar-refractivity contribution < 1.29 is 0 Å². The maximum Gasteiger partial charge on any atom is 0.282 e. The summed E-state index contributed by atoms with van der Waals surface area (Å²) in [6.45, 7) is 2.07. The molecule has 5 aromatic rings. The first-order chi connectivity index (χ1) is 15.2. The molecule has 5 heteroatoms. The van der Waals surface area contributed by atoms with Crippen molar-refractivity contribution >= 4 is 54.6 Å². The molecule has 152 valence electrons. The summed E-state index contributed by atoms with van der Waals surface area (Å²) in [5.74, 6) is 0.670. The van der Waals surface area contributed by atoms with Crippen LogP contribution in [0.15, 0.2) is 87.2 Å². The van der Waals surface area contributed by atoms with Gasteiger partial charge in [0.15, 0.2) is 0 Å². The molecule has 0 amide bonds. The van der Waals surface area contributed by atoms with Gasteiger partial charge in [-0.05, 0) is 52.2 Å². The highest BCUT2D eigenvalue weighted by Crippen LogP contribution is 2.27. The molecule has 1 heterocycles. The van der Waals surface area contributed by atoms with E-state index in [1.807, 2.05) is 36.4 Å². The minimum Gasteiger partial charge on any atom is -0.267 e. The zero-order chi connectivity index (χ0) is 21.4. The first-order valence-electron chi connectivity index (χ1n) is 10.3. The third-order valence-corrected chi connectivity index (χ3v) is 5.96. The Morgan fingerprint density at radius 2 is 1.61 bits per heavy atom. The van der Waals surface area contributed by atoms with Crippen LogP contribution in [0.2, 0.25) is 0 Å². The van der Waals surface area contributed by atoms with Crippen molar-refractivity contribution in [3.05, 3.63) is 99.0 Å². The SMILES string of the molecule is CCCc1nc2ccc(Br)cc2c(=O)n1N=Cc1c2ccccc2cc2ccccc12. The van der Waals surface area contributed by atoms with Crippen molar-refractivity contribution in [3.63, 3.8) is 0 Å². The van der Waals surface area contributed by atoms with E-state index < -0.39 is 0 Å². The number of fused-ring (bicyclic) bond motifs is 3. The predicted molar refractivity (Wildman–Crippen MR) is 132 cm³/mol. The zero-order valence-corrected chi connectivity index (χ0v) is 18.6. The molecule has 0 unspecified atom stereocenters. The molecule has 0 saturated heterocycles. The second-order valence-corrected chi connectivity index (χ2v) is 8.45. The Morgan fingerprint density at radius 1 is 0.935 bits per heavy atom. The number of nitrogens with zero attached hydrogens (tertiary/aromatic N) is 3. The standard InChI is InChI=1S/C26H20BrN3O/c1-2-7-25-29-24-13-12-19(27)15-22(24)26(31)30(25)28-16-23-20-10-5-3-8-17(20)14-18-9-4-6-11-21(18)23/h3-6,8-16H,2,7H2,1H3. The van der Waals surface area contributed by atoms with E-state index in [1.54, 1.807) is 12.3 Å². The van der Waals surface area contributed by atoms with Gasteiger partial charge in [-0.15, -0.1) is 0 Å². The van der Waals surface area contributed by atoms with Gasteiger partial charge in [0.25, 0.3) is 5.56 Å². The normalized spacial score (nSPS) is 11.8. The lowest BCUT2D eigenvalue weighted by Crippen LogP contribution is -2.22. The molecular weight excluding hydrogens is 450 g/mol. The molecule has 5 rings (SSSR count). The van der Waals surface area contributed by atoms with Crippen LogP contribution in [-0.2, 0) is 6.42 Å². The predicted octanol–water partition coefficient (Wildman–Crippen LogP) is 6.30. The summed E-state index contributed by atoms with van der Waals surface area (Å²) in [5.41, 5.74) is 1.53. The average molecular weight is 470 g/mol. The summed E-state index contributed by atoms with van der Waals surface area (Å²) < 4.78 is 2.30. The van der Waals surface area contributed by atoms with Crippen LogP contribution in [0, 0.1) is 0 Å². The molecule has 4 aromatic carbocycles. The van der Waals surface area contributed by atoms with Crippen LogP contribution in [-0.4, -0.2) is 15.9 Å². The fourth-order valence-corrected chi connectivity index (χ4v) is 4.36. The molecule has 0 spiro atoms. The summed E-state index contributed by atoms with van der Waals surface area (Å²) >= 11 is 3.46. The second kappa shape index (κ2) is 8.08. The molecular formula is C26H20BrN3O. The molecule has 0 aliphatic rings. The van der Waals surface area contributed by atoms with Crippen molar-refractivity contribution in [2.24, 2.45) is 5.10 Å². The van der Waals surface area contributed by atoms with Gasteiger partial charge in [0.2, 0.25) is 0 Å². The van der Waals surface area contributed by atoms with Crippen molar-refractivity contribution in [1.82, 2.24) is 9.66 Å². The number of hydrogen-bond donors (Lipinski definition) is 0. The van der Waals surface area contributed by atoms with Crippen LogP contribution in [0.4, 0.5) is 0 Å². The third kappa shape index (κ3) is 3.55. The Balaban J connectivity index is 1.77. The van der Waals surface area contributed by atoms with E-state index in [2.05, 4.69) is 58.3 Å². The fraction of sp³-hybridized carbons (Fsp3) is 0.115. The summed E-state index contributed by atoms with van der Waals surface area (Å²) in [6, 6.07) is 24.3. The van der Waals surface area contributed by atoms with Crippen LogP contribution in [0.25, 0.3) is 32.4 Å². The van der Waals surface area contributed by atoms with E-state index in [1.165, 1.54) is 4.68 Å². The molecule has 31 heavy (non-hydrogen) atoms. The molecule has 4 nitrogen and oxygen atoms in total. The lowest BCUT2D eigenvalue weighted by atomic mass is 9.97. The molecule has 1 aromatic heterocycles. The van der Waals surface area contributed by atoms with Crippen LogP contribution in [0.5, 0.6) is 0 Å². The minimum absolute atomic E-state index is 0.157. The molecule has 0 fully saturated rings. The lowest BCUT2D eigenvalue weighted by Gasteiger charge is -2.10. The van der Waals surface area contributed by atoms with E-state index in [0.29, 0.717) is 23.1 Å². The van der Waals surface area contributed by atoms with Gasteiger partial charge in [-0.25, -0.2) is 4.98 Å². The average Bonchev–Trinajstić information content (AvgIpc) is 2.79. The van der Waals surface area contributed by atoms with Crippen molar-refractivity contribution in [1.29, 1.82) is 0 Å². The monoisotopic (exact) mass is 469 g/mol. The van der Waals surface area contributed by atoms with Gasteiger partial charge in [0.1, 0.15) is 5.82 Å². The summed E-state index contributed by atoms with van der Waals surface area (Å²) in [6.07, 6.45) is 3.35. The number of aromatic nitrogens is 2. The topological polar surface area (TPSA) is 47.2 Å². The van der Waals surface area contributed by atoms with Gasteiger partial charge in [-0.2, -0.15) is 9.78 Å². The van der Waals surface area contributed by atoms with E-state index in [-0.39, 0.29) is 5.56 Å². The van der Waals surface area contributed by atoms with Crippen molar-refractivity contribution in [2.45, 2.75) is 19.8 Å². The van der Waals surface area contributed by atoms with Gasteiger partial charge in [0, 0.05) is 16.5 Å². The summed E-state index contributed by atoms with van der Waals surface area (Å²) in [5, 5.41) is 9.72. The number of halogens is 1. The molecule has 0 aliphatic carbocycles. The van der Waals surface area contributed by atoms with Crippen LogP contribution >= 0.6 is 15.9 Å². The number of aryl methyl sites for hydroxylation is 1. The highest BCUT2D eigenvalue weighted by molar-refractivity contribution is 9.10. The number of rotatable bonds is 4. The van der Waals surface area contributed by atoms with Crippen LogP contribution in [0.3, 0.4) is 0 Å². The van der Waals surface area contributed by atoms with E-state index in [9.17, 15) is 4.79 Å². The van der Waals surface area contributed by atoms with Gasteiger partial charge in [-0.3, -0.25) is 4.79 Å². The number of hydrogen-bond acceptors (Lipinski definition) is 3. The Kier molecular flexibility index (Phi) is 5.12. The molecule has 0 radical (unpaired) electrons. The molecule has 0 bridgehead atoms. The molecule has 0 atom stereocenters.